The van der Waals surface area contributed by atoms with Gasteiger partial charge in [0.25, 0.3) is 0 Å². The Balaban J connectivity index is 2.91. The monoisotopic (exact) mass is 128 g/mol. The quantitative estimate of drug-likeness (QED) is 0.231. The molecule has 0 aromatic heterocycles. The van der Waals surface area contributed by atoms with Gasteiger partial charge in [-0.1, -0.05) is 0 Å². The third-order valence-corrected chi connectivity index (χ3v) is 1.03. The van der Waals surface area contributed by atoms with E-state index >= 15 is 0 Å². The fraction of sp³-hybridized carbons (Fsp3) is 0.750. The van der Waals surface area contributed by atoms with Crippen molar-refractivity contribution in [3.05, 3.63) is 0 Å². The molecule has 0 heterocycles. The summed E-state index contributed by atoms with van der Waals surface area (Å²) in [7, 11) is 4.08. The minimum absolute atomic E-state index is 0.815. The third kappa shape index (κ3) is 5.96. The van der Waals surface area contributed by atoms with Crippen LogP contribution in [-0.4, -0.2) is 26.2 Å². The Hall–Kier alpha value is -0.0351. The number of hydrogen-bond acceptors (Lipinski definition) is 2. The molecule has 4 heteroatoms. The summed E-state index contributed by atoms with van der Waals surface area (Å²) in [6.45, 7) is 4.21. The summed E-state index contributed by atoms with van der Waals surface area (Å²) >= 11 is 0. The van der Waals surface area contributed by atoms with Gasteiger partial charge in [0.15, 0.2) is 0 Å². The first-order valence-electron chi connectivity index (χ1n) is 2.59. The fourth-order valence-corrected chi connectivity index (χ4v) is 0.460. The van der Waals surface area contributed by atoms with Crippen molar-refractivity contribution in [2.45, 2.75) is 6.42 Å². The molecule has 0 aliphatic carbocycles. The van der Waals surface area contributed by atoms with Crippen LogP contribution < -0.4 is 0 Å². The van der Waals surface area contributed by atoms with Crippen LogP contribution in [0.2, 0.25) is 0 Å². The average molecular weight is 128 g/mol. The molecule has 0 aromatic rings. The molecule has 1 atom stereocenters. The first kappa shape index (κ1) is 7.96. The van der Waals surface area contributed by atoms with E-state index in [9.17, 15) is 0 Å². The van der Waals surface area contributed by atoms with Gasteiger partial charge in [0.1, 0.15) is 0 Å². The molecule has 0 rings (SSSR count). The first-order valence-corrected chi connectivity index (χ1v) is 3.41. The van der Waals surface area contributed by atoms with E-state index in [1.54, 1.807) is 0 Å². The zero-order chi connectivity index (χ0) is 6.24. The number of rotatable bonds is 4. The van der Waals surface area contributed by atoms with Crippen LogP contribution >= 0.6 is 9.24 Å². The van der Waals surface area contributed by atoms with E-state index < -0.39 is 0 Å². The molecular formula is C4H10BN2P. The molecule has 0 saturated heterocycles. The molecule has 0 saturated carbocycles. The summed E-state index contributed by atoms with van der Waals surface area (Å²) in [6.07, 6.45) is 2.18. The van der Waals surface area contributed by atoms with E-state index in [0.29, 0.717) is 0 Å². The second kappa shape index (κ2) is 6.96. The van der Waals surface area contributed by atoms with Gasteiger partial charge in [-0.05, 0) is 0 Å². The molecule has 0 radical (unpaired) electrons. The van der Waals surface area contributed by atoms with E-state index in [1.165, 1.54) is 7.06 Å². The molecule has 0 aromatic carbocycles. The molecule has 0 bridgehead atoms. The Labute approximate surface area is 52.9 Å². The van der Waals surface area contributed by atoms with Crippen LogP contribution in [-0.2, 0) is 0 Å². The third-order valence-electron chi connectivity index (χ3n) is 0.626. The molecule has 2 nitrogen and oxygen atoms in total. The average Bonchev–Trinajstić information content (AvgIpc) is 1.81. The topological polar surface area (TPSA) is 24.7 Å². The van der Waals surface area contributed by atoms with Crippen LogP contribution in [0.25, 0.3) is 0 Å². The zero-order valence-electron chi connectivity index (χ0n) is 4.88. The predicted octanol–water partition coefficient (Wildman–Crippen LogP) is 0.755. The Morgan fingerprint density at radius 3 is 2.88 bits per heavy atom. The standard InChI is InChI=1S/C4H10BN2P/c1-5-7-6-3-2-4-8/h1-4,8H2. The van der Waals surface area contributed by atoms with E-state index in [1.807, 2.05) is 0 Å². The van der Waals surface area contributed by atoms with Gasteiger partial charge in [0.2, 0.25) is 0 Å². The van der Waals surface area contributed by atoms with Gasteiger partial charge in [0, 0.05) is 0 Å². The normalized spacial score (nSPS) is 9.62. The summed E-state index contributed by atoms with van der Waals surface area (Å²) in [5.41, 5.74) is 0. The van der Waals surface area contributed by atoms with Gasteiger partial charge < -0.3 is 0 Å². The van der Waals surface area contributed by atoms with Crippen molar-refractivity contribution in [3.63, 3.8) is 0 Å². The SMILES string of the molecule is C=BN=NCCCP. The summed E-state index contributed by atoms with van der Waals surface area (Å²) in [4.78, 5) is 0. The molecule has 8 heavy (non-hydrogen) atoms. The van der Waals surface area contributed by atoms with Crippen molar-refractivity contribution < 1.29 is 0 Å². The maximum absolute atomic E-state index is 3.77. The Morgan fingerprint density at radius 1 is 1.62 bits per heavy atom. The van der Waals surface area contributed by atoms with Crippen LogP contribution in [0.15, 0.2) is 10.1 Å². The molecule has 0 N–H and O–H groups in total. The summed E-state index contributed by atoms with van der Waals surface area (Å²) in [6, 6.07) is 0. The molecule has 0 fully saturated rings. The Kier molecular flexibility index (Phi) is 6.93. The summed E-state index contributed by atoms with van der Waals surface area (Å²) in [5.74, 6) is 0. The molecule has 0 spiro atoms. The second-order valence-electron chi connectivity index (χ2n) is 1.31. The van der Waals surface area contributed by atoms with Gasteiger partial charge in [-0.2, -0.15) is 0 Å². The molecule has 0 amide bonds. The van der Waals surface area contributed by atoms with Crippen LogP contribution in [0.5, 0.6) is 0 Å². The summed E-state index contributed by atoms with van der Waals surface area (Å²) < 4.78 is 0. The molecular weight excluding hydrogens is 118 g/mol. The molecule has 1 unspecified atom stereocenters. The van der Waals surface area contributed by atoms with E-state index in [-0.39, 0.29) is 0 Å². The van der Waals surface area contributed by atoms with Gasteiger partial charge in [-0.15, -0.1) is 0 Å². The second-order valence-corrected chi connectivity index (χ2v) is 1.88. The summed E-state index contributed by atoms with van der Waals surface area (Å²) in [5, 5.41) is 7.36. The fourth-order valence-electron chi connectivity index (χ4n) is 0.277. The van der Waals surface area contributed by atoms with Crippen molar-refractivity contribution in [1.82, 2.24) is 0 Å². The van der Waals surface area contributed by atoms with Crippen molar-refractivity contribution in [2.75, 3.05) is 12.7 Å². The Bertz CT molecular complexity index is 84.1. The van der Waals surface area contributed by atoms with Crippen molar-refractivity contribution in [3.8, 4) is 0 Å². The number of hydrogen-bond donors (Lipinski definition) is 0. The molecule has 0 aliphatic heterocycles. The van der Waals surface area contributed by atoms with Crippen molar-refractivity contribution in [1.29, 1.82) is 0 Å². The van der Waals surface area contributed by atoms with Crippen LogP contribution in [0, 0.1) is 0 Å². The van der Waals surface area contributed by atoms with E-state index in [0.717, 1.165) is 19.1 Å². The van der Waals surface area contributed by atoms with E-state index in [2.05, 4.69) is 25.8 Å². The van der Waals surface area contributed by atoms with Crippen molar-refractivity contribution >= 4 is 22.8 Å². The first-order chi connectivity index (χ1) is 3.91. The molecule has 0 aliphatic rings. The van der Waals surface area contributed by atoms with Gasteiger partial charge in [-0.25, -0.2) is 0 Å². The maximum atomic E-state index is 3.77. The van der Waals surface area contributed by atoms with Gasteiger partial charge in [0.05, 0.1) is 0 Å². The van der Waals surface area contributed by atoms with Crippen LogP contribution in [0.3, 0.4) is 0 Å². The minimum atomic E-state index is 0.815. The van der Waals surface area contributed by atoms with Crippen molar-refractivity contribution in [2.24, 2.45) is 10.1 Å². The predicted molar refractivity (Wildman–Crippen MR) is 41.8 cm³/mol. The van der Waals surface area contributed by atoms with Gasteiger partial charge >= 0.3 is 52.0 Å². The van der Waals surface area contributed by atoms with Gasteiger partial charge in [-0.3, -0.25) is 0 Å². The van der Waals surface area contributed by atoms with Crippen LogP contribution in [0.1, 0.15) is 6.42 Å². The van der Waals surface area contributed by atoms with E-state index in [4.69, 9.17) is 0 Å². The zero-order valence-corrected chi connectivity index (χ0v) is 6.03. The Morgan fingerprint density at radius 2 is 2.38 bits per heavy atom. The van der Waals surface area contributed by atoms with Crippen LogP contribution in [0.4, 0.5) is 0 Å². The number of nitrogens with zero attached hydrogens (tertiary/aromatic N) is 2. The molecule has 44 valence electrons.